The molecule has 1 aromatic rings. The van der Waals surface area contributed by atoms with Gasteiger partial charge in [0.05, 0.1) is 6.20 Å². The van der Waals surface area contributed by atoms with Crippen molar-refractivity contribution in [2.45, 2.75) is 31.2 Å². The number of hydrogen-bond acceptors (Lipinski definition) is 4. The van der Waals surface area contributed by atoms with Gasteiger partial charge < -0.3 is 5.11 Å². The van der Waals surface area contributed by atoms with Gasteiger partial charge in [-0.1, -0.05) is 6.92 Å². The van der Waals surface area contributed by atoms with Crippen LogP contribution in [0.2, 0.25) is 0 Å². The van der Waals surface area contributed by atoms with Crippen LogP contribution in [0.4, 0.5) is 0 Å². The van der Waals surface area contributed by atoms with E-state index in [4.69, 9.17) is 5.11 Å². The Morgan fingerprint density at radius 3 is 2.89 bits per heavy atom. The summed E-state index contributed by atoms with van der Waals surface area (Å²) in [7, 11) is -3.81. The number of sulfonamides is 1. The summed E-state index contributed by atoms with van der Waals surface area (Å²) in [6.45, 7) is 2.93. The molecule has 0 aliphatic carbocycles. The summed E-state index contributed by atoms with van der Waals surface area (Å²) in [6.07, 6.45) is 3.59. The summed E-state index contributed by atoms with van der Waals surface area (Å²) in [4.78, 5) is 11.0. The molecule has 19 heavy (non-hydrogen) atoms. The number of nitrogens with one attached hydrogen (secondary N) is 1. The van der Waals surface area contributed by atoms with Crippen molar-refractivity contribution in [1.82, 2.24) is 14.5 Å². The Balaban J connectivity index is 2.31. The lowest BCUT2D eigenvalue weighted by molar-refractivity contribution is 0.0692. The number of aromatic nitrogens is 2. The molecule has 8 heteroatoms. The number of carboxylic acids is 1. The molecular weight excluding hydrogens is 270 g/mol. The van der Waals surface area contributed by atoms with Gasteiger partial charge in [0.1, 0.15) is 5.56 Å². The number of carboxylic acid groups (broad SMARTS) is 1. The molecule has 0 amide bonds. The van der Waals surface area contributed by atoms with Crippen LogP contribution in [-0.2, 0) is 10.0 Å². The number of aromatic amines is 1. The molecular formula is C11H17N3O4S. The predicted molar refractivity (Wildman–Crippen MR) is 67.3 cm³/mol. The number of carbonyl (C=O) groups is 1. The molecule has 2 heterocycles. The maximum Gasteiger partial charge on any atom is 0.340 e. The molecule has 0 aromatic carbocycles. The Bertz CT molecular complexity index is 566. The second kappa shape index (κ2) is 5.30. The van der Waals surface area contributed by atoms with E-state index in [1.165, 1.54) is 4.31 Å². The number of hydrogen-bond donors (Lipinski definition) is 2. The van der Waals surface area contributed by atoms with Gasteiger partial charge in [-0.15, -0.1) is 0 Å². The van der Waals surface area contributed by atoms with E-state index in [0.717, 1.165) is 25.5 Å². The summed E-state index contributed by atoms with van der Waals surface area (Å²) in [5, 5.41) is 14.5. The molecule has 0 radical (unpaired) electrons. The molecule has 1 aliphatic rings. The molecule has 106 valence electrons. The van der Waals surface area contributed by atoms with Crippen molar-refractivity contribution in [1.29, 1.82) is 0 Å². The van der Waals surface area contributed by atoms with Crippen molar-refractivity contribution >= 4 is 16.0 Å². The zero-order valence-electron chi connectivity index (χ0n) is 10.7. The molecule has 0 spiro atoms. The maximum atomic E-state index is 12.4. The van der Waals surface area contributed by atoms with Crippen molar-refractivity contribution in [3.05, 3.63) is 11.8 Å². The normalized spacial score (nSPS) is 22.1. The van der Waals surface area contributed by atoms with E-state index in [9.17, 15) is 13.2 Å². The smallest absolute Gasteiger partial charge is 0.340 e. The molecule has 1 fully saturated rings. The van der Waals surface area contributed by atoms with Crippen LogP contribution >= 0.6 is 0 Å². The third-order valence-electron chi connectivity index (χ3n) is 3.41. The quantitative estimate of drug-likeness (QED) is 0.860. The van der Waals surface area contributed by atoms with E-state index >= 15 is 0 Å². The van der Waals surface area contributed by atoms with E-state index in [1.807, 2.05) is 0 Å². The van der Waals surface area contributed by atoms with Gasteiger partial charge >= 0.3 is 5.97 Å². The van der Waals surface area contributed by atoms with Gasteiger partial charge in [0.25, 0.3) is 10.0 Å². The Labute approximate surface area is 111 Å². The monoisotopic (exact) mass is 287 g/mol. The van der Waals surface area contributed by atoms with Crippen LogP contribution < -0.4 is 0 Å². The van der Waals surface area contributed by atoms with Crippen molar-refractivity contribution < 1.29 is 18.3 Å². The van der Waals surface area contributed by atoms with Gasteiger partial charge in [-0.2, -0.15) is 9.40 Å². The third-order valence-corrected chi connectivity index (χ3v) is 5.28. The van der Waals surface area contributed by atoms with Crippen molar-refractivity contribution in [3.63, 3.8) is 0 Å². The van der Waals surface area contributed by atoms with Crippen molar-refractivity contribution in [2.24, 2.45) is 5.92 Å². The van der Waals surface area contributed by atoms with Crippen LogP contribution in [0.1, 0.15) is 36.5 Å². The zero-order chi connectivity index (χ0) is 14.0. The van der Waals surface area contributed by atoms with E-state index in [0.29, 0.717) is 19.0 Å². The molecule has 1 aliphatic heterocycles. The number of nitrogens with zero attached hydrogens (tertiary/aromatic N) is 2. The standard InChI is InChI=1S/C11H17N3O4S/c1-8-3-2-5-14(6-4-8)19(17,18)10-9(11(15)16)7-12-13-10/h7-8H,2-6H2,1H3,(H,12,13)(H,15,16). The van der Waals surface area contributed by atoms with E-state index in [1.54, 1.807) is 0 Å². The lowest BCUT2D eigenvalue weighted by atomic mass is 10.0. The summed E-state index contributed by atoms with van der Waals surface area (Å²) in [6, 6.07) is 0. The largest absolute Gasteiger partial charge is 0.478 e. The van der Waals surface area contributed by atoms with E-state index in [-0.39, 0.29) is 10.6 Å². The van der Waals surface area contributed by atoms with Crippen molar-refractivity contribution in [2.75, 3.05) is 13.1 Å². The van der Waals surface area contributed by atoms with E-state index < -0.39 is 16.0 Å². The highest BCUT2D eigenvalue weighted by Crippen LogP contribution is 2.23. The highest BCUT2D eigenvalue weighted by Gasteiger charge is 2.32. The third kappa shape index (κ3) is 2.79. The number of rotatable bonds is 3. The van der Waals surface area contributed by atoms with Gasteiger partial charge in [-0.05, 0) is 25.2 Å². The molecule has 0 bridgehead atoms. The first kappa shape index (κ1) is 14.0. The van der Waals surface area contributed by atoms with Gasteiger partial charge in [0.15, 0.2) is 5.03 Å². The topological polar surface area (TPSA) is 103 Å². The Morgan fingerprint density at radius 1 is 1.47 bits per heavy atom. The van der Waals surface area contributed by atoms with Crippen LogP contribution in [-0.4, -0.2) is 47.1 Å². The first-order valence-electron chi connectivity index (χ1n) is 6.19. The fraction of sp³-hybridized carbons (Fsp3) is 0.636. The second-order valence-corrected chi connectivity index (χ2v) is 6.73. The molecule has 0 saturated carbocycles. The van der Waals surface area contributed by atoms with Crippen LogP contribution in [0.3, 0.4) is 0 Å². The molecule has 1 atom stereocenters. The molecule has 2 rings (SSSR count). The number of aromatic carboxylic acids is 1. The molecule has 1 unspecified atom stereocenters. The van der Waals surface area contributed by atoms with Crippen LogP contribution in [0.25, 0.3) is 0 Å². The molecule has 2 N–H and O–H groups in total. The average Bonchev–Trinajstić information content (AvgIpc) is 2.73. The van der Waals surface area contributed by atoms with E-state index in [2.05, 4.69) is 17.1 Å². The lowest BCUT2D eigenvalue weighted by Gasteiger charge is -2.19. The Morgan fingerprint density at radius 2 is 2.21 bits per heavy atom. The van der Waals surface area contributed by atoms with Gasteiger partial charge in [-0.25, -0.2) is 13.2 Å². The summed E-state index contributed by atoms with van der Waals surface area (Å²) < 4.78 is 26.2. The zero-order valence-corrected chi connectivity index (χ0v) is 11.5. The summed E-state index contributed by atoms with van der Waals surface area (Å²) in [5.74, 6) is -0.809. The predicted octanol–water partition coefficient (Wildman–Crippen LogP) is 0.919. The average molecular weight is 287 g/mol. The Hall–Kier alpha value is -1.41. The molecule has 1 aromatic heterocycles. The first-order chi connectivity index (χ1) is 8.93. The minimum absolute atomic E-state index is 0.308. The fourth-order valence-electron chi connectivity index (χ4n) is 2.23. The number of H-pyrrole nitrogens is 1. The van der Waals surface area contributed by atoms with Crippen LogP contribution in [0.15, 0.2) is 11.2 Å². The van der Waals surface area contributed by atoms with Gasteiger partial charge in [0, 0.05) is 13.1 Å². The second-order valence-electron chi connectivity index (χ2n) is 4.86. The molecule has 1 saturated heterocycles. The minimum Gasteiger partial charge on any atom is -0.478 e. The van der Waals surface area contributed by atoms with Crippen molar-refractivity contribution in [3.8, 4) is 0 Å². The van der Waals surface area contributed by atoms with Gasteiger partial charge in [-0.3, -0.25) is 5.10 Å². The van der Waals surface area contributed by atoms with Gasteiger partial charge in [0.2, 0.25) is 0 Å². The van der Waals surface area contributed by atoms with Crippen LogP contribution in [0.5, 0.6) is 0 Å². The minimum atomic E-state index is -3.81. The fourth-order valence-corrected chi connectivity index (χ4v) is 3.79. The summed E-state index contributed by atoms with van der Waals surface area (Å²) >= 11 is 0. The highest BCUT2D eigenvalue weighted by molar-refractivity contribution is 7.89. The SMILES string of the molecule is CC1CCCN(S(=O)(=O)c2[nH]ncc2C(=O)O)CC1. The highest BCUT2D eigenvalue weighted by atomic mass is 32.2. The Kier molecular flexibility index (Phi) is 3.91. The molecule has 7 nitrogen and oxygen atoms in total. The first-order valence-corrected chi connectivity index (χ1v) is 7.63. The summed E-state index contributed by atoms with van der Waals surface area (Å²) in [5.41, 5.74) is -0.308. The lowest BCUT2D eigenvalue weighted by Crippen LogP contribution is -2.33. The maximum absolute atomic E-state index is 12.4. The van der Waals surface area contributed by atoms with Crippen LogP contribution in [0, 0.1) is 5.92 Å².